The molecule has 0 saturated carbocycles. The third-order valence-corrected chi connectivity index (χ3v) is 6.39. The Kier molecular flexibility index (Phi) is 9.76. The first-order valence-electron chi connectivity index (χ1n) is 8.97. The minimum atomic E-state index is 0.848. The Labute approximate surface area is 187 Å². The van der Waals surface area contributed by atoms with Crippen LogP contribution < -0.4 is 0 Å². The fourth-order valence-corrected chi connectivity index (χ4v) is 5.46. The molecule has 0 heterocycles. The summed E-state index contributed by atoms with van der Waals surface area (Å²) in [6, 6.07) is 12.8. The van der Waals surface area contributed by atoms with Crippen LogP contribution >= 0.6 is 60.0 Å². The highest BCUT2D eigenvalue weighted by molar-refractivity contribution is 9.11. The summed E-state index contributed by atoms with van der Waals surface area (Å²) in [7, 11) is 0. The van der Waals surface area contributed by atoms with Crippen LogP contribution in [0.1, 0.15) is 55.7 Å². The van der Waals surface area contributed by atoms with Gasteiger partial charge in [0, 0.05) is 23.8 Å². The van der Waals surface area contributed by atoms with Gasteiger partial charge in [0.1, 0.15) is 0 Å². The van der Waals surface area contributed by atoms with Crippen molar-refractivity contribution in [2.75, 3.05) is 0 Å². The van der Waals surface area contributed by atoms with Gasteiger partial charge in [0.25, 0.3) is 0 Å². The SMILES string of the molecule is CCCCCCCc1ccc(C(=S)C=Cc2c(Br)cc(Br)cc2Br)cc1. The summed E-state index contributed by atoms with van der Waals surface area (Å²) in [5.41, 5.74) is 3.57. The van der Waals surface area contributed by atoms with Crippen molar-refractivity contribution in [2.24, 2.45) is 0 Å². The molecule has 4 heteroatoms. The van der Waals surface area contributed by atoms with Gasteiger partial charge in [0.2, 0.25) is 0 Å². The molecule has 0 spiro atoms. The minimum absolute atomic E-state index is 0.848. The van der Waals surface area contributed by atoms with Crippen molar-refractivity contribution in [1.29, 1.82) is 0 Å². The highest BCUT2D eigenvalue weighted by Gasteiger charge is 2.05. The Hall–Kier alpha value is -0.290. The van der Waals surface area contributed by atoms with E-state index in [1.165, 1.54) is 37.7 Å². The average molecular weight is 559 g/mol. The van der Waals surface area contributed by atoms with Crippen LogP contribution in [0.25, 0.3) is 6.08 Å². The lowest BCUT2D eigenvalue weighted by Gasteiger charge is -2.05. The van der Waals surface area contributed by atoms with Gasteiger partial charge >= 0.3 is 0 Å². The summed E-state index contributed by atoms with van der Waals surface area (Å²) >= 11 is 16.3. The second kappa shape index (κ2) is 11.5. The maximum atomic E-state index is 5.58. The number of unbranched alkanes of at least 4 members (excludes halogenated alkanes) is 4. The molecule has 2 rings (SSSR count). The number of rotatable bonds is 9. The summed E-state index contributed by atoms with van der Waals surface area (Å²) in [4.78, 5) is 0.848. The Balaban J connectivity index is 1.95. The van der Waals surface area contributed by atoms with Crippen molar-refractivity contribution in [3.8, 4) is 0 Å². The van der Waals surface area contributed by atoms with Gasteiger partial charge < -0.3 is 0 Å². The Morgan fingerprint density at radius 2 is 1.54 bits per heavy atom. The fourth-order valence-electron chi connectivity index (χ4n) is 2.74. The lowest BCUT2D eigenvalue weighted by atomic mass is 10.0. The first-order valence-corrected chi connectivity index (χ1v) is 11.8. The highest BCUT2D eigenvalue weighted by atomic mass is 79.9. The normalized spacial score (nSPS) is 11.2. The Morgan fingerprint density at radius 3 is 2.15 bits per heavy atom. The quantitative estimate of drug-likeness (QED) is 0.128. The molecular formula is C22H23Br3S. The standard InChI is InChI=1S/C22H23Br3S/c1-2-3-4-5-6-7-16-8-10-17(11-9-16)22(26)13-12-19-20(24)14-18(23)15-21(19)25/h8-15H,2-7H2,1H3. The molecule has 0 bridgehead atoms. The second-order valence-corrected chi connectivity index (χ2v) is 9.41. The molecule has 0 nitrogen and oxygen atoms in total. The molecule has 0 saturated heterocycles. The van der Waals surface area contributed by atoms with Crippen molar-refractivity contribution in [3.63, 3.8) is 0 Å². The lowest BCUT2D eigenvalue weighted by molar-refractivity contribution is 0.632. The lowest BCUT2D eigenvalue weighted by Crippen LogP contribution is -1.94. The van der Waals surface area contributed by atoms with Gasteiger partial charge in [-0.25, -0.2) is 0 Å². The smallest absolute Gasteiger partial charge is 0.0449 e. The van der Waals surface area contributed by atoms with Crippen LogP contribution in [0, 0.1) is 0 Å². The van der Waals surface area contributed by atoms with Crippen LogP contribution in [-0.4, -0.2) is 4.86 Å². The van der Waals surface area contributed by atoms with E-state index in [2.05, 4.69) is 79.0 Å². The number of halogens is 3. The summed E-state index contributed by atoms with van der Waals surface area (Å²) in [5.74, 6) is 0. The number of hydrogen-bond donors (Lipinski definition) is 0. The molecule has 0 fully saturated rings. The van der Waals surface area contributed by atoms with Gasteiger partial charge in [-0.15, -0.1) is 0 Å². The second-order valence-electron chi connectivity index (χ2n) is 6.34. The van der Waals surface area contributed by atoms with Gasteiger partial charge in [0.05, 0.1) is 0 Å². The van der Waals surface area contributed by atoms with Gasteiger partial charge in [-0.2, -0.15) is 0 Å². The van der Waals surface area contributed by atoms with Gasteiger partial charge in [0.15, 0.2) is 0 Å². The maximum absolute atomic E-state index is 5.58. The number of aryl methyl sites for hydroxylation is 1. The molecule has 0 aromatic heterocycles. The molecular weight excluding hydrogens is 536 g/mol. The molecule has 2 aromatic carbocycles. The van der Waals surface area contributed by atoms with E-state index in [1.807, 2.05) is 24.3 Å². The van der Waals surface area contributed by atoms with Crippen LogP contribution in [0.4, 0.5) is 0 Å². The molecule has 26 heavy (non-hydrogen) atoms. The number of benzene rings is 2. The molecule has 0 aliphatic rings. The molecule has 0 atom stereocenters. The predicted octanol–water partition coefficient (Wildman–Crippen LogP) is 8.92. The summed E-state index contributed by atoms with van der Waals surface area (Å²) in [5, 5.41) is 0. The molecule has 2 aromatic rings. The van der Waals surface area contributed by atoms with Gasteiger partial charge in [-0.05, 0) is 42.2 Å². The van der Waals surface area contributed by atoms with Crippen molar-refractivity contribution in [1.82, 2.24) is 0 Å². The van der Waals surface area contributed by atoms with Crippen molar-refractivity contribution < 1.29 is 0 Å². The monoisotopic (exact) mass is 556 g/mol. The van der Waals surface area contributed by atoms with Crippen LogP contribution in [-0.2, 0) is 6.42 Å². The van der Waals surface area contributed by atoms with Crippen molar-refractivity contribution >= 4 is 70.9 Å². The molecule has 0 radical (unpaired) electrons. The molecule has 0 aliphatic carbocycles. The predicted molar refractivity (Wildman–Crippen MR) is 129 cm³/mol. The number of allylic oxidation sites excluding steroid dienone is 1. The first kappa shape index (κ1) is 22.0. The molecule has 0 amide bonds. The summed E-state index contributed by atoms with van der Waals surface area (Å²) in [6.07, 6.45) is 11.8. The van der Waals surface area contributed by atoms with Crippen molar-refractivity contribution in [2.45, 2.75) is 45.4 Å². The zero-order chi connectivity index (χ0) is 18.9. The molecule has 0 aliphatic heterocycles. The fraction of sp³-hybridized carbons (Fsp3) is 0.318. The zero-order valence-corrected chi connectivity index (χ0v) is 20.5. The van der Waals surface area contributed by atoms with E-state index in [1.54, 1.807) is 0 Å². The summed E-state index contributed by atoms with van der Waals surface area (Å²) < 4.78 is 3.08. The Bertz CT molecular complexity index is 740. The Morgan fingerprint density at radius 1 is 0.923 bits per heavy atom. The van der Waals surface area contributed by atoms with E-state index in [0.29, 0.717) is 0 Å². The third kappa shape index (κ3) is 7.03. The maximum Gasteiger partial charge on any atom is 0.0449 e. The highest BCUT2D eigenvalue weighted by Crippen LogP contribution is 2.31. The van der Waals surface area contributed by atoms with Crippen LogP contribution in [0.3, 0.4) is 0 Å². The van der Waals surface area contributed by atoms with Gasteiger partial charge in [-0.3, -0.25) is 0 Å². The van der Waals surface area contributed by atoms with Crippen molar-refractivity contribution in [3.05, 3.63) is 72.6 Å². The van der Waals surface area contributed by atoms with E-state index in [9.17, 15) is 0 Å². The largest absolute Gasteiger partial charge is 0.0795 e. The van der Waals surface area contributed by atoms with E-state index in [-0.39, 0.29) is 0 Å². The molecule has 0 unspecified atom stereocenters. The van der Waals surface area contributed by atoms with E-state index in [4.69, 9.17) is 12.2 Å². The van der Waals surface area contributed by atoms with E-state index < -0.39 is 0 Å². The van der Waals surface area contributed by atoms with Crippen LogP contribution in [0.15, 0.2) is 55.9 Å². The molecule has 138 valence electrons. The van der Waals surface area contributed by atoms with E-state index >= 15 is 0 Å². The topological polar surface area (TPSA) is 0 Å². The number of thiocarbonyl (C=S) groups is 1. The number of hydrogen-bond acceptors (Lipinski definition) is 1. The van der Waals surface area contributed by atoms with Crippen LogP contribution in [0.2, 0.25) is 0 Å². The third-order valence-electron chi connectivity index (χ3n) is 4.25. The first-order chi connectivity index (χ1) is 12.5. The van der Waals surface area contributed by atoms with Gasteiger partial charge in [-0.1, -0.05) is 123 Å². The zero-order valence-electron chi connectivity index (χ0n) is 14.9. The average Bonchev–Trinajstić information content (AvgIpc) is 2.61. The van der Waals surface area contributed by atoms with Crippen LogP contribution in [0.5, 0.6) is 0 Å². The van der Waals surface area contributed by atoms with E-state index in [0.717, 1.165) is 35.8 Å². The minimum Gasteiger partial charge on any atom is -0.0795 e. The molecule has 0 N–H and O–H groups in total. The summed E-state index contributed by atoms with van der Waals surface area (Å²) in [6.45, 7) is 2.25.